The van der Waals surface area contributed by atoms with Crippen LogP contribution < -0.4 is 4.74 Å². The Hall–Kier alpha value is -3.01. The van der Waals surface area contributed by atoms with Crippen LogP contribution in [0.3, 0.4) is 0 Å². The number of hydrogen-bond acceptors (Lipinski definition) is 5. The van der Waals surface area contributed by atoms with E-state index in [9.17, 15) is 4.39 Å². The van der Waals surface area contributed by atoms with Crippen LogP contribution in [0.4, 0.5) is 4.39 Å². The first-order valence-electron chi connectivity index (χ1n) is 11.7. The number of unbranched alkanes of at least 4 members (excludes halogenated alkanes) is 1. The van der Waals surface area contributed by atoms with Crippen molar-refractivity contribution in [2.75, 3.05) is 6.54 Å². The predicted octanol–water partition coefficient (Wildman–Crippen LogP) is 7.28. The molecule has 186 valence electrons. The van der Waals surface area contributed by atoms with E-state index < -0.39 is 0 Å². The third-order valence-corrected chi connectivity index (χ3v) is 5.26. The normalized spacial score (nSPS) is 10.0. The summed E-state index contributed by atoms with van der Waals surface area (Å²) in [5.41, 5.74) is 5.33. The molecule has 2 aromatic heterocycles. The van der Waals surface area contributed by atoms with Gasteiger partial charge in [-0.25, -0.2) is 4.39 Å². The molecule has 0 aliphatic heterocycles. The van der Waals surface area contributed by atoms with Gasteiger partial charge >= 0.3 is 32.7 Å². The Morgan fingerprint density at radius 2 is 1.84 bits per heavy atom. The van der Waals surface area contributed by atoms with Crippen LogP contribution in [0.1, 0.15) is 43.5 Å². The molecule has 0 fully saturated rings. The number of aliphatic imine (C=N–C) groups is 1. The molecule has 0 N–H and O–H groups in total. The Kier molecular flexibility index (Phi) is 15.1. The van der Waals surface area contributed by atoms with Gasteiger partial charge in [0.05, 0.1) is 5.52 Å². The Morgan fingerprint density at radius 3 is 2.49 bits per heavy atom. The topological polar surface area (TPSA) is 71.2 Å². The van der Waals surface area contributed by atoms with Gasteiger partial charge in [0.2, 0.25) is 0 Å². The molecule has 4 rings (SSSR count). The zero-order valence-electron chi connectivity index (χ0n) is 21.5. The van der Waals surface area contributed by atoms with Crippen LogP contribution in [-0.4, -0.2) is 22.7 Å². The van der Waals surface area contributed by atoms with Crippen LogP contribution >= 0.6 is 0 Å². The van der Waals surface area contributed by atoms with Gasteiger partial charge in [-0.15, -0.1) is 6.07 Å². The van der Waals surface area contributed by atoms with Gasteiger partial charge < -0.3 is 21.6 Å². The van der Waals surface area contributed by atoms with E-state index in [2.05, 4.69) is 67.1 Å². The number of halogens is 1. The molecule has 0 radical (unpaired) electrons. The van der Waals surface area contributed by atoms with E-state index in [1.54, 1.807) is 24.4 Å². The molecular weight excluding hydrogens is 540 g/mol. The first-order valence-corrected chi connectivity index (χ1v) is 11.7. The van der Waals surface area contributed by atoms with E-state index in [0.717, 1.165) is 33.3 Å². The third-order valence-electron chi connectivity index (χ3n) is 5.26. The number of nitrogens with zero attached hydrogens (tertiary/aromatic N) is 4. The second kappa shape index (κ2) is 17.4. The molecule has 0 spiro atoms. The van der Waals surface area contributed by atoms with Crippen LogP contribution in [0.2, 0.25) is 0 Å². The van der Waals surface area contributed by atoms with Crippen LogP contribution in [0, 0.1) is 37.8 Å². The van der Waals surface area contributed by atoms with Crippen LogP contribution in [0.25, 0.3) is 22.2 Å². The van der Waals surface area contributed by atoms with Crippen molar-refractivity contribution in [2.24, 2.45) is 4.99 Å². The SMILES string of the molecule is CCCC.[C-]#N.[CH2-]Oc1[c-]cc(CCN=Cc2cc(C)c3ncccc3c2)nc1-c1ccc(F)cc1.[Y+3]. The summed E-state index contributed by atoms with van der Waals surface area (Å²) >= 11 is 0. The molecule has 0 aliphatic rings. The molecule has 0 amide bonds. The first-order chi connectivity index (χ1) is 17.5. The van der Waals surface area contributed by atoms with Crippen molar-refractivity contribution in [3.05, 3.63) is 103 Å². The first kappa shape index (κ1) is 32.0. The summed E-state index contributed by atoms with van der Waals surface area (Å²) in [6.07, 6.45) is 6.96. The minimum absolute atomic E-state index is 0. The Balaban J connectivity index is 0.000000894. The summed E-state index contributed by atoms with van der Waals surface area (Å²) in [6.45, 7) is 11.7. The Labute approximate surface area is 244 Å². The molecule has 5 nitrogen and oxygen atoms in total. The number of aryl methyl sites for hydroxylation is 1. The molecule has 37 heavy (non-hydrogen) atoms. The van der Waals surface area contributed by atoms with Gasteiger partial charge in [-0.2, -0.15) is 13.2 Å². The Morgan fingerprint density at radius 1 is 1.14 bits per heavy atom. The van der Waals surface area contributed by atoms with Crippen molar-refractivity contribution in [1.82, 2.24) is 9.97 Å². The fraction of sp³-hybridized carbons (Fsp3) is 0.233. The minimum Gasteiger partial charge on any atom is -0.681 e. The number of ether oxygens (including phenoxy) is 1. The quantitative estimate of drug-likeness (QED) is 0.173. The van der Waals surface area contributed by atoms with Gasteiger partial charge in [0.15, 0.2) is 0 Å². The van der Waals surface area contributed by atoms with Gasteiger partial charge in [-0.1, -0.05) is 56.1 Å². The van der Waals surface area contributed by atoms with Crippen molar-refractivity contribution < 1.29 is 41.8 Å². The number of pyridine rings is 2. The summed E-state index contributed by atoms with van der Waals surface area (Å²) in [6, 6.07) is 19.1. The van der Waals surface area contributed by atoms with Crippen molar-refractivity contribution in [1.29, 1.82) is 5.26 Å². The average Bonchev–Trinajstić information content (AvgIpc) is 2.93. The molecule has 0 atom stereocenters. The van der Waals surface area contributed by atoms with Crippen molar-refractivity contribution in [3.63, 3.8) is 0 Å². The smallest absolute Gasteiger partial charge is 0.681 e. The average molecular weight is 571 g/mol. The Bertz CT molecular complexity index is 1290. The summed E-state index contributed by atoms with van der Waals surface area (Å²) in [5.74, 6) is 0.124. The second-order valence-corrected chi connectivity index (χ2v) is 7.92. The van der Waals surface area contributed by atoms with E-state index in [-0.39, 0.29) is 38.5 Å². The summed E-state index contributed by atoms with van der Waals surface area (Å²) < 4.78 is 18.3. The maximum atomic E-state index is 13.2. The standard InChI is InChI=1S/C25H20FN3O.C4H10.CN.Y/c1-17-14-18(15-20-4-3-12-28-24(17)20)16-27-13-11-22-9-10-23(30-2)25(29-22)19-5-7-21(26)8-6-19;1-3-4-2;1-2;/h3-9,12,14-16H,2,11,13H2,1H3;3-4H2,1-2H3;;/q-2;;-1;+3. The second-order valence-electron chi connectivity index (χ2n) is 7.92. The van der Waals surface area contributed by atoms with Crippen LogP contribution in [0.5, 0.6) is 5.75 Å². The molecule has 0 bridgehead atoms. The van der Waals surface area contributed by atoms with Gasteiger partial charge in [0, 0.05) is 24.3 Å². The van der Waals surface area contributed by atoms with E-state index in [1.165, 1.54) is 25.0 Å². The van der Waals surface area contributed by atoms with Crippen molar-refractivity contribution in [2.45, 2.75) is 40.0 Å². The number of aromatic nitrogens is 2. The molecular formula is C30H30FN4OY. The van der Waals surface area contributed by atoms with Crippen molar-refractivity contribution in [3.8, 4) is 17.0 Å². The molecule has 2 heterocycles. The van der Waals surface area contributed by atoms with Gasteiger partial charge in [0.1, 0.15) is 5.82 Å². The van der Waals surface area contributed by atoms with Gasteiger partial charge in [-0.05, 0) is 66.2 Å². The number of rotatable bonds is 7. The minimum atomic E-state index is -0.301. The van der Waals surface area contributed by atoms with E-state index in [0.29, 0.717) is 24.4 Å². The largest absolute Gasteiger partial charge is 3.00 e. The van der Waals surface area contributed by atoms with E-state index >= 15 is 0 Å². The molecule has 0 saturated carbocycles. The van der Waals surface area contributed by atoms with Gasteiger partial charge in [0.25, 0.3) is 0 Å². The zero-order chi connectivity index (χ0) is 26.3. The van der Waals surface area contributed by atoms with Gasteiger partial charge in [-0.3, -0.25) is 9.98 Å². The third kappa shape index (κ3) is 9.76. The van der Waals surface area contributed by atoms with E-state index in [1.807, 2.05) is 12.3 Å². The maximum Gasteiger partial charge on any atom is 3.00 e. The van der Waals surface area contributed by atoms with Crippen LogP contribution in [-0.2, 0) is 39.1 Å². The number of hydrogen-bond donors (Lipinski definition) is 0. The molecule has 2 aromatic carbocycles. The maximum absolute atomic E-state index is 13.2. The van der Waals surface area contributed by atoms with E-state index in [4.69, 9.17) is 16.6 Å². The molecule has 0 aliphatic carbocycles. The van der Waals surface area contributed by atoms with Crippen LogP contribution in [0.15, 0.2) is 65.8 Å². The zero-order valence-corrected chi connectivity index (χ0v) is 24.4. The molecule has 0 saturated heterocycles. The molecule has 7 heteroatoms. The van der Waals surface area contributed by atoms with Crippen molar-refractivity contribution >= 4 is 17.1 Å². The fourth-order valence-corrected chi connectivity index (χ4v) is 3.31. The number of fused-ring (bicyclic) bond motifs is 1. The molecule has 4 aromatic rings. The fourth-order valence-electron chi connectivity index (χ4n) is 3.31. The number of benzene rings is 2. The summed E-state index contributed by atoms with van der Waals surface area (Å²) in [5, 5.41) is 7.35. The summed E-state index contributed by atoms with van der Waals surface area (Å²) in [7, 11) is 3.45. The summed E-state index contributed by atoms with van der Waals surface area (Å²) in [4.78, 5) is 13.6. The molecule has 0 unspecified atom stereocenters. The predicted molar refractivity (Wildman–Crippen MR) is 143 cm³/mol. The monoisotopic (exact) mass is 570 g/mol.